The summed E-state index contributed by atoms with van der Waals surface area (Å²) in [7, 11) is 1.56. The first kappa shape index (κ1) is 20.3. The fourth-order valence-corrected chi connectivity index (χ4v) is 3.68. The Kier molecular flexibility index (Phi) is 7.05. The number of thioether (sulfide) groups is 1. The van der Waals surface area contributed by atoms with Crippen molar-refractivity contribution in [3.05, 3.63) is 28.7 Å². The Morgan fingerprint density at radius 2 is 2.15 bits per heavy atom. The van der Waals surface area contributed by atoms with Gasteiger partial charge in [0.25, 0.3) is 5.91 Å². The Morgan fingerprint density at radius 1 is 1.42 bits per heavy atom. The van der Waals surface area contributed by atoms with Crippen LogP contribution >= 0.6 is 24.0 Å². The van der Waals surface area contributed by atoms with Gasteiger partial charge >= 0.3 is 0 Å². The second-order valence-corrected chi connectivity index (χ2v) is 7.53. The standard InChI is InChI=1S/C18H21NO5S2/c1-11(2)24-16-12(6-4-7-13(16)23-3)10-14-17(22)19(18(25)26-14)9-5-8-15(20)21/h4,6-7,10-11H,5,8-9H2,1-3H3,(H,20,21)/p-1/b14-10-. The molecule has 1 amide bonds. The van der Waals surface area contributed by atoms with Crippen molar-refractivity contribution in [1.29, 1.82) is 0 Å². The summed E-state index contributed by atoms with van der Waals surface area (Å²) in [5.41, 5.74) is 0.716. The number of carboxylic acid groups (broad SMARTS) is 1. The summed E-state index contributed by atoms with van der Waals surface area (Å²) in [5.74, 6) is -0.237. The van der Waals surface area contributed by atoms with Crippen molar-refractivity contribution >= 4 is 46.3 Å². The molecule has 0 atom stereocenters. The van der Waals surface area contributed by atoms with Crippen LogP contribution < -0.4 is 14.6 Å². The lowest BCUT2D eigenvalue weighted by Crippen LogP contribution is -2.30. The van der Waals surface area contributed by atoms with E-state index in [1.807, 2.05) is 26.0 Å². The molecule has 1 saturated heterocycles. The van der Waals surface area contributed by atoms with Crippen molar-refractivity contribution in [2.24, 2.45) is 0 Å². The van der Waals surface area contributed by atoms with Crippen molar-refractivity contribution in [1.82, 2.24) is 4.90 Å². The Morgan fingerprint density at radius 3 is 2.77 bits per heavy atom. The summed E-state index contributed by atoms with van der Waals surface area (Å²) in [6.45, 7) is 4.07. The number of benzene rings is 1. The molecule has 6 nitrogen and oxygen atoms in total. The SMILES string of the molecule is COc1cccc(/C=C2\SC(=S)N(CCCC(=O)[O-])C2=O)c1OC(C)C. The molecule has 0 aromatic heterocycles. The predicted octanol–water partition coefficient (Wildman–Crippen LogP) is 2.21. The number of carbonyl (C=O) groups excluding carboxylic acids is 2. The normalized spacial score (nSPS) is 15.8. The zero-order chi connectivity index (χ0) is 19.3. The van der Waals surface area contributed by atoms with Crippen LogP contribution in [-0.2, 0) is 9.59 Å². The largest absolute Gasteiger partial charge is 0.550 e. The maximum Gasteiger partial charge on any atom is 0.266 e. The fraction of sp³-hybridized carbons (Fsp3) is 0.389. The third-order valence-electron chi connectivity index (χ3n) is 3.51. The van der Waals surface area contributed by atoms with Gasteiger partial charge in [-0.3, -0.25) is 9.69 Å². The average molecular weight is 394 g/mol. The van der Waals surface area contributed by atoms with Crippen LogP contribution in [0, 0.1) is 0 Å². The second-order valence-electron chi connectivity index (χ2n) is 5.85. The summed E-state index contributed by atoms with van der Waals surface area (Å²) in [6.07, 6.45) is 1.84. The number of rotatable bonds is 8. The maximum absolute atomic E-state index is 12.6. The van der Waals surface area contributed by atoms with E-state index in [1.54, 1.807) is 19.3 Å². The number of hydrogen-bond acceptors (Lipinski definition) is 7. The van der Waals surface area contributed by atoms with Crippen LogP contribution in [0.3, 0.4) is 0 Å². The van der Waals surface area contributed by atoms with Crippen LogP contribution in [0.15, 0.2) is 23.1 Å². The van der Waals surface area contributed by atoms with E-state index in [0.717, 1.165) is 0 Å². The van der Waals surface area contributed by atoms with E-state index in [0.29, 0.717) is 32.7 Å². The molecule has 0 saturated carbocycles. The zero-order valence-electron chi connectivity index (χ0n) is 14.8. The quantitative estimate of drug-likeness (QED) is 0.494. The second kappa shape index (κ2) is 9.05. The van der Waals surface area contributed by atoms with E-state index in [1.165, 1.54) is 16.7 Å². The first-order valence-corrected chi connectivity index (χ1v) is 9.34. The van der Waals surface area contributed by atoms with Gasteiger partial charge in [-0.05, 0) is 38.8 Å². The highest BCUT2D eigenvalue weighted by molar-refractivity contribution is 8.26. The van der Waals surface area contributed by atoms with Crippen molar-refractivity contribution < 1.29 is 24.2 Å². The number of carboxylic acids is 1. The first-order chi connectivity index (χ1) is 12.3. The molecule has 1 aliphatic heterocycles. The summed E-state index contributed by atoms with van der Waals surface area (Å²) >= 11 is 6.44. The lowest BCUT2D eigenvalue weighted by Gasteiger charge is -2.16. The minimum atomic E-state index is -1.14. The molecule has 0 bridgehead atoms. The maximum atomic E-state index is 12.6. The van der Waals surface area contributed by atoms with Gasteiger partial charge in [0, 0.05) is 18.1 Å². The number of para-hydroxylation sites is 1. The zero-order valence-corrected chi connectivity index (χ0v) is 16.4. The summed E-state index contributed by atoms with van der Waals surface area (Å²) in [6, 6.07) is 5.45. The molecule has 1 fully saturated rings. The number of hydrogen-bond donors (Lipinski definition) is 0. The molecule has 1 aromatic carbocycles. The number of ether oxygens (including phenoxy) is 2. The Balaban J connectivity index is 2.26. The minimum Gasteiger partial charge on any atom is -0.550 e. The molecule has 2 rings (SSSR count). The highest BCUT2D eigenvalue weighted by Crippen LogP contribution is 2.38. The van der Waals surface area contributed by atoms with Gasteiger partial charge in [-0.2, -0.15) is 0 Å². The van der Waals surface area contributed by atoms with E-state index in [-0.39, 0.29) is 25.0 Å². The Labute approximate surface area is 162 Å². The van der Waals surface area contributed by atoms with Crippen molar-refractivity contribution in [3.8, 4) is 11.5 Å². The molecular formula is C18H20NO5S2-. The van der Waals surface area contributed by atoms with Gasteiger partial charge < -0.3 is 19.4 Å². The molecular weight excluding hydrogens is 374 g/mol. The Hall–Kier alpha value is -2.06. The molecule has 140 valence electrons. The number of amides is 1. The number of thiocarbonyl (C=S) groups is 1. The Bertz CT molecular complexity index is 745. The van der Waals surface area contributed by atoms with Crippen LogP contribution in [0.25, 0.3) is 6.08 Å². The lowest BCUT2D eigenvalue weighted by atomic mass is 10.1. The van der Waals surface area contributed by atoms with Gasteiger partial charge in [0.2, 0.25) is 0 Å². The first-order valence-electron chi connectivity index (χ1n) is 8.12. The number of aliphatic carboxylic acids is 1. The van der Waals surface area contributed by atoms with Crippen LogP contribution in [0.2, 0.25) is 0 Å². The van der Waals surface area contributed by atoms with Crippen LogP contribution in [-0.4, -0.2) is 40.9 Å². The molecule has 0 spiro atoms. The predicted molar refractivity (Wildman–Crippen MR) is 103 cm³/mol. The minimum absolute atomic E-state index is 0.0578. The van der Waals surface area contributed by atoms with Crippen molar-refractivity contribution in [2.75, 3.05) is 13.7 Å². The van der Waals surface area contributed by atoms with Gasteiger partial charge in [0.15, 0.2) is 11.5 Å². The van der Waals surface area contributed by atoms with Crippen LogP contribution in [0.4, 0.5) is 0 Å². The van der Waals surface area contributed by atoms with E-state index in [9.17, 15) is 14.7 Å². The van der Waals surface area contributed by atoms with E-state index in [4.69, 9.17) is 21.7 Å². The molecule has 8 heteroatoms. The fourth-order valence-electron chi connectivity index (χ4n) is 2.38. The van der Waals surface area contributed by atoms with Gasteiger partial charge in [-0.25, -0.2) is 0 Å². The number of methoxy groups -OCH3 is 1. The van der Waals surface area contributed by atoms with Crippen molar-refractivity contribution in [2.45, 2.75) is 32.8 Å². The molecule has 0 N–H and O–H groups in total. The summed E-state index contributed by atoms with van der Waals surface area (Å²) in [4.78, 5) is 25.0. The third-order valence-corrected chi connectivity index (χ3v) is 4.88. The van der Waals surface area contributed by atoms with E-state index < -0.39 is 5.97 Å². The molecule has 0 unspecified atom stereocenters. The average Bonchev–Trinajstić information content (AvgIpc) is 2.83. The molecule has 26 heavy (non-hydrogen) atoms. The van der Waals surface area contributed by atoms with Gasteiger partial charge in [0.1, 0.15) is 4.32 Å². The van der Waals surface area contributed by atoms with Crippen molar-refractivity contribution in [3.63, 3.8) is 0 Å². The molecule has 1 heterocycles. The number of nitrogens with zero attached hydrogens (tertiary/aromatic N) is 1. The molecule has 0 aliphatic carbocycles. The smallest absolute Gasteiger partial charge is 0.266 e. The molecule has 0 radical (unpaired) electrons. The molecule has 1 aromatic rings. The van der Waals surface area contributed by atoms with E-state index in [2.05, 4.69) is 0 Å². The lowest BCUT2D eigenvalue weighted by molar-refractivity contribution is -0.305. The number of carbonyl (C=O) groups is 2. The van der Waals surface area contributed by atoms with Gasteiger partial charge in [-0.1, -0.05) is 36.1 Å². The summed E-state index contributed by atoms with van der Waals surface area (Å²) in [5, 5.41) is 10.5. The topological polar surface area (TPSA) is 78.9 Å². The van der Waals surface area contributed by atoms with Gasteiger partial charge in [-0.15, -0.1) is 0 Å². The third kappa shape index (κ3) is 4.98. The van der Waals surface area contributed by atoms with Crippen LogP contribution in [0.5, 0.6) is 11.5 Å². The monoisotopic (exact) mass is 394 g/mol. The highest BCUT2D eigenvalue weighted by atomic mass is 32.2. The van der Waals surface area contributed by atoms with Crippen LogP contribution in [0.1, 0.15) is 32.3 Å². The van der Waals surface area contributed by atoms with E-state index >= 15 is 0 Å². The van der Waals surface area contributed by atoms with Gasteiger partial charge in [0.05, 0.1) is 18.1 Å². The summed E-state index contributed by atoms with van der Waals surface area (Å²) < 4.78 is 11.6. The molecule has 1 aliphatic rings. The highest BCUT2D eigenvalue weighted by Gasteiger charge is 2.31.